The maximum Gasteiger partial charge on any atom is 0.234 e. The number of benzene rings is 1. The van der Waals surface area contributed by atoms with Crippen molar-refractivity contribution in [1.82, 2.24) is 15.5 Å². The highest BCUT2D eigenvalue weighted by atomic mass is 16.2. The maximum atomic E-state index is 12.2. The van der Waals surface area contributed by atoms with E-state index >= 15 is 0 Å². The van der Waals surface area contributed by atoms with Crippen LogP contribution in [0.4, 0.5) is 0 Å². The van der Waals surface area contributed by atoms with Crippen LogP contribution < -0.4 is 10.6 Å². The molecule has 0 aliphatic rings. The first-order chi connectivity index (χ1) is 11.1. The summed E-state index contributed by atoms with van der Waals surface area (Å²) in [7, 11) is 1.77. The third kappa shape index (κ3) is 7.59. The summed E-state index contributed by atoms with van der Waals surface area (Å²) in [6.45, 7) is 10.3. The molecule has 1 aromatic rings. The van der Waals surface area contributed by atoms with Gasteiger partial charge in [-0.3, -0.25) is 14.5 Å². The predicted octanol–water partition coefficient (Wildman–Crippen LogP) is 2.41. The Morgan fingerprint density at radius 2 is 1.62 bits per heavy atom. The normalized spacial score (nSPS) is 12.8. The summed E-state index contributed by atoms with van der Waals surface area (Å²) in [5.41, 5.74) is 2.04. The van der Waals surface area contributed by atoms with Crippen LogP contribution in [0.15, 0.2) is 24.3 Å². The summed E-state index contributed by atoms with van der Waals surface area (Å²) in [6.07, 6.45) is 0.822. The van der Waals surface area contributed by atoms with Crippen molar-refractivity contribution in [2.24, 2.45) is 0 Å². The van der Waals surface area contributed by atoms with Crippen molar-refractivity contribution in [3.8, 4) is 0 Å². The summed E-state index contributed by atoms with van der Waals surface area (Å²) in [6, 6.07) is 8.18. The average molecular weight is 333 g/mol. The smallest absolute Gasteiger partial charge is 0.234 e. The number of nitrogens with zero attached hydrogens (tertiary/aromatic N) is 1. The van der Waals surface area contributed by atoms with Crippen LogP contribution >= 0.6 is 0 Å². The molecule has 0 aliphatic heterocycles. The largest absolute Gasteiger partial charge is 0.350 e. The minimum absolute atomic E-state index is 0.00472. The maximum absolute atomic E-state index is 12.2. The van der Waals surface area contributed by atoms with E-state index in [1.165, 1.54) is 5.56 Å². The molecule has 0 bridgehead atoms. The molecule has 134 valence electrons. The van der Waals surface area contributed by atoms with E-state index in [0.29, 0.717) is 0 Å². The zero-order valence-corrected chi connectivity index (χ0v) is 15.8. The molecule has 24 heavy (non-hydrogen) atoms. The zero-order valence-electron chi connectivity index (χ0n) is 15.8. The van der Waals surface area contributed by atoms with Crippen molar-refractivity contribution in [2.75, 3.05) is 20.1 Å². The number of amides is 2. The Morgan fingerprint density at radius 1 is 1.08 bits per heavy atom. The molecule has 0 aliphatic carbocycles. The summed E-state index contributed by atoms with van der Waals surface area (Å²) in [5.74, 6) is -0.156. The topological polar surface area (TPSA) is 61.4 Å². The standard InChI is InChI=1S/C19H31N3O2/c1-7-16(15-10-8-14(2)9-11-15)20-17(23)12-22(6)13-18(24)21-19(3,4)5/h8-11,16H,7,12-13H2,1-6H3,(H,20,23)(H,21,24)/t16-/m1/s1. The molecule has 5 heteroatoms. The van der Waals surface area contributed by atoms with Crippen LogP contribution in [0.2, 0.25) is 0 Å². The molecule has 0 radical (unpaired) electrons. The summed E-state index contributed by atoms with van der Waals surface area (Å²) in [5, 5.41) is 5.94. The first kappa shape index (κ1) is 20.2. The second-order valence-corrected chi connectivity index (χ2v) is 7.41. The van der Waals surface area contributed by atoms with Gasteiger partial charge in [-0.25, -0.2) is 0 Å². The molecule has 1 rings (SSSR count). The van der Waals surface area contributed by atoms with Crippen molar-refractivity contribution in [3.05, 3.63) is 35.4 Å². The van der Waals surface area contributed by atoms with Crippen LogP contribution in [0.3, 0.4) is 0 Å². The number of rotatable bonds is 7. The number of aryl methyl sites for hydroxylation is 1. The Balaban J connectivity index is 2.51. The van der Waals surface area contributed by atoms with Crippen molar-refractivity contribution >= 4 is 11.8 Å². The van der Waals surface area contributed by atoms with Gasteiger partial charge in [-0.05, 0) is 46.7 Å². The van der Waals surface area contributed by atoms with E-state index in [0.717, 1.165) is 12.0 Å². The predicted molar refractivity (Wildman–Crippen MR) is 97.7 cm³/mol. The highest BCUT2D eigenvalue weighted by Gasteiger charge is 2.18. The minimum Gasteiger partial charge on any atom is -0.350 e. The molecule has 0 saturated heterocycles. The van der Waals surface area contributed by atoms with Gasteiger partial charge >= 0.3 is 0 Å². The zero-order chi connectivity index (χ0) is 18.3. The van der Waals surface area contributed by atoms with Gasteiger partial charge in [0.2, 0.25) is 11.8 Å². The fourth-order valence-corrected chi connectivity index (χ4v) is 2.46. The molecule has 0 saturated carbocycles. The highest BCUT2D eigenvalue weighted by Crippen LogP contribution is 2.16. The Morgan fingerprint density at radius 3 is 2.12 bits per heavy atom. The molecule has 0 fully saturated rings. The molecule has 1 atom stereocenters. The van der Waals surface area contributed by atoms with E-state index in [4.69, 9.17) is 0 Å². The second kappa shape index (κ2) is 8.83. The SMILES string of the molecule is CC[C@@H](NC(=O)CN(C)CC(=O)NC(C)(C)C)c1ccc(C)cc1. The summed E-state index contributed by atoms with van der Waals surface area (Å²) in [4.78, 5) is 25.9. The molecule has 2 N–H and O–H groups in total. The van der Waals surface area contributed by atoms with Gasteiger partial charge in [-0.1, -0.05) is 36.8 Å². The number of hydrogen-bond donors (Lipinski definition) is 2. The molecule has 5 nitrogen and oxygen atoms in total. The van der Waals surface area contributed by atoms with Crippen molar-refractivity contribution < 1.29 is 9.59 Å². The molecular weight excluding hydrogens is 302 g/mol. The molecule has 0 heterocycles. The van der Waals surface area contributed by atoms with Crippen molar-refractivity contribution in [1.29, 1.82) is 0 Å². The first-order valence-electron chi connectivity index (χ1n) is 8.46. The number of carbonyl (C=O) groups excluding carboxylic acids is 2. The molecule has 0 unspecified atom stereocenters. The number of nitrogens with one attached hydrogen (secondary N) is 2. The molecule has 0 spiro atoms. The lowest BCUT2D eigenvalue weighted by atomic mass is 10.0. The van der Waals surface area contributed by atoms with Crippen LogP contribution in [-0.2, 0) is 9.59 Å². The minimum atomic E-state index is -0.265. The van der Waals surface area contributed by atoms with E-state index in [2.05, 4.69) is 10.6 Å². The third-order valence-corrected chi connectivity index (χ3v) is 3.56. The lowest BCUT2D eigenvalue weighted by molar-refractivity contribution is -0.125. The van der Waals surface area contributed by atoms with Gasteiger partial charge in [0.25, 0.3) is 0 Å². The number of likely N-dealkylation sites (N-methyl/N-ethyl adjacent to an activating group) is 1. The lowest BCUT2D eigenvalue weighted by Gasteiger charge is -2.24. The number of carbonyl (C=O) groups is 2. The fraction of sp³-hybridized carbons (Fsp3) is 0.579. The van der Waals surface area contributed by atoms with Gasteiger partial charge in [-0.2, -0.15) is 0 Å². The molecule has 0 aromatic heterocycles. The fourth-order valence-electron chi connectivity index (χ4n) is 2.46. The second-order valence-electron chi connectivity index (χ2n) is 7.41. The highest BCUT2D eigenvalue weighted by molar-refractivity contribution is 5.81. The molecule has 1 aromatic carbocycles. The van der Waals surface area contributed by atoms with Gasteiger partial charge < -0.3 is 10.6 Å². The average Bonchev–Trinajstić information content (AvgIpc) is 2.43. The Bertz CT molecular complexity index is 547. The third-order valence-electron chi connectivity index (χ3n) is 3.56. The quantitative estimate of drug-likeness (QED) is 0.805. The Hall–Kier alpha value is -1.88. The van der Waals surface area contributed by atoms with Gasteiger partial charge in [0, 0.05) is 5.54 Å². The van der Waals surface area contributed by atoms with E-state index in [1.807, 2.05) is 58.9 Å². The molecule has 2 amide bonds. The van der Waals surface area contributed by atoms with Crippen LogP contribution in [0.1, 0.15) is 51.3 Å². The van der Waals surface area contributed by atoms with Crippen molar-refractivity contribution in [3.63, 3.8) is 0 Å². The monoisotopic (exact) mass is 333 g/mol. The van der Waals surface area contributed by atoms with Crippen LogP contribution in [0.25, 0.3) is 0 Å². The van der Waals surface area contributed by atoms with Crippen LogP contribution in [-0.4, -0.2) is 42.4 Å². The first-order valence-corrected chi connectivity index (χ1v) is 8.46. The van der Waals surface area contributed by atoms with E-state index in [1.54, 1.807) is 11.9 Å². The van der Waals surface area contributed by atoms with Gasteiger partial charge in [0.15, 0.2) is 0 Å². The van der Waals surface area contributed by atoms with Gasteiger partial charge in [0.05, 0.1) is 19.1 Å². The Labute approximate surface area is 145 Å². The van der Waals surface area contributed by atoms with Gasteiger partial charge in [0.1, 0.15) is 0 Å². The van der Waals surface area contributed by atoms with Gasteiger partial charge in [-0.15, -0.1) is 0 Å². The van der Waals surface area contributed by atoms with Crippen LogP contribution in [0.5, 0.6) is 0 Å². The lowest BCUT2D eigenvalue weighted by Crippen LogP contribution is -2.47. The summed E-state index contributed by atoms with van der Waals surface area (Å²) >= 11 is 0. The van der Waals surface area contributed by atoms with Crippen molar-refractivity contribution in [2.45, 2.75) is 52.6 Å². The van der Waals surface area contributed by atoms with E-state index in [9.17, 15) is 9.59 Å². The summed E-state index contributed by atoms with van der Waals surface area (Å²) < 4.78 is 0. The van der Waals surface area contributed by atoms with E-state index < -0.39 is 0 Å². The number of hydrogen-bond acceptors (Lipinski definition) is 3. The van der Waals surface area contributed by atoms with E-state index in [-0.39, 0.29) is 36.5 Å². The Kier molecular flexibility index (Phi) is 7.42. The van der Waals surface area contributed by atoms with Crippen LogP contribution in [0, 0.1) is 6.92 Å². The molecular formula is C19H31N3O2.